The van der Waals surface area contributed by atoms with Gasteiger partial charge in [-0.15, -0.1) is 0 Å². The van der Waals surface area contributed by atoms with Gasteiger partial charge >= 0.3 is 0 Å². The van der Waals surface area contributed by atoms with Gasteiger partial charge < -0.3 is 4.57 Å². The Morgan fingerprint density at radius 2 is 1.78 bits per heavy atom. The van der Waals surface area contributed by atoms with E-state index in [2.05, 4.69) is 18.8 Å². The smallest absolute Gasteiger partial charge is 0.127 e. The highest BCUT2D eigenvalue weighted by molar-refractivity contribution is 7.99. The predicted molar refractivity (Wildman–Crippen MR) is 67.8 cm³/mol. The molecule has 0 bridgehead atoms. The molecule has 0 aliphatic heterocycles. The Balaban J connectivity index is 2.34. The average Bonchev–Trinajstić information content (AvgIpc) is 2.57. The second-order valence-electron chi connectivity index (χ2n) is 4.41. The molecule has 0 amide bonds. The lowest BCUT2D eigenvalue weighted by Gasteiger charge is -2.09. The minimum absolute atomic E-state index is 0.304. The molecule has 0 unspecified atom stereocenters. The molecule has 2 rings (SSSR count). The molecule has 2 aromatic rings. The van der Waals surface area contributed by atoms with Crippen LogP contribution in [0.3, 0.4) is 0 Å². The molecule has 0 aliphatic carbocycles. The summed E-state index contributed by atoms with van der Waals surface area (Å²) in [6.07, 6.45) is 1.72. The third kappa shape index (κ3) is 2.72. The number of hydrogen-bond donors (Lipinski definition) is 0. The van der Waals surface area contributed by atoms with Gasteiger partial charge in [0.1, 0.15) is 16.7 Å². The second-order valence-corrected chi connectivity index (χ2v) is 5.47. The van der Waals surface area contributed by atoms with E-state index >= 15 is 0 Å². The van der Waals surface area contributed by atoms with Crippen molar-refractivity contribution in [2.24, 2.45) is 7.05 Å². The highest BCUT2D eigenvalue weighted by Gasteiger charge is 2.14. The lowest BCUT2D eigenvalue weighted by Crippen LogP contribution is -1.98. The van der Waals surface area contributed by atoms with Gasteiger partial charge in [0.05, 0.1) is 12.0 Å². The van der Waals surface area contributed by atoms with Crippen molar-refractivity contribution in [2.45, 2.75) is 29.7 Å². The van der Waals surface area contributed by atoms with E-state index in [1.807, 2.05) is 11.6 Å². The summed E-state index contributed by atoms with van der Waals surface area (Å²) in [5.41, 5.74) is 1.06. The van der Waals surface area contributed by atoms with E-state index in [9.17, 15) is 8.78 Å². The maximum absolute atomic E-state index is 13.1. The summed E-state index contributed by atoms with van der Waals surface area (Å²) < 4.78 is 28.2. The van der Waals surface area contributed by atoms with Crippen LogP contribution in [-0.2, 0) is 7.05 Å². The first kappa shape index (κ1) is 13.1. The van der Waals surface area contributed by atoms with Crippen LogP contribution in [0.2, 0.25) is 0 Å². The topological polar surface area (TPSA) is 17.8 Å². The summed E-state index contributed by atoms with van der Waals surface area (Å²) in [7, 11) is 1.92. The van der Waals surface area contributed by atoms with Gasteiger partial charge in [0, 0.05) is 18.0 Å². The van der Waals surface area contributed by atoms with Crippen LogP contribution in [0.25, 0.3) is 0 Å². The average molecular weight is 268 g/mol. The lowest BCUT2D eigenvalue weighted by molar-refractivity contribution is 0.577. The molecule has 96 valence electrons. The number of aromatic nitrogens is 2. The van der Waals surface area contributed by atoms with Crippen molar-refractivity contribution in [3.8, 4) is 0 Å². The molecule has 0 aliphatic rings. The first-order valence-corrected chi connectivity index (χ1v) is 6.44. The Hall–Kier alpha value is -1.36. The van der Waals surface area contributed by atoms with Crippen LogP contribution >= 0.6 is 11.8 Å². The first-order valence-electron chi connectivity index (χ1n) is 5.62. The summed E-state index contributed by atoms with van der Waals surface area (Å²) in [4.78, 5) is 4.79. The molecule has 1 aromatic heterocycles. The summed E-state index contributed by atoms with van der Waals surface area (Å²) in [6, 6.07) is 3.49. The molecule has 0 atom stereocenters. The van der Waals surface area contributed by atoms with Crippen molar-refractivity contribution in [1.82, 2.24) is 9.55 Å². The quantitative estimate of drug-likeness (QED) is 0.838. The largest absolute Gasteiger partial charge is 0.336 e. The highest BCUT2D eigenvalue weighted by Crippen LogP contribution is 2.33. The van der Waals surface area contributed by atoms with E-state index in [0.717, 1.165) is 16.8 Å². The molecule has 0 saturated carbocycles. The molecular weight excluding hydrogens is 254 g/mol. The zero-order valence-corrected chi connectivity index (χ0v) is 11.3. The minimum Gasteiger partial charge on any atom is -0.336 e. The van der Waals surface area contributed by atoms with Gasteiger partial charge in [0.15, 0.2) is 0 Å². The van der Waals surface area contributed by atoms with Crippen molar-refractivity contribution < 1.29 is 8.78 Å². The molecule has 5 heteroatoms. The summed E-state index contributed by atoms with van der Waals surface area (Å²) >= 11 is 1.28. The fourth-order valence-electron chi connectivity index (χ4n) is 1.85. The molecule has 0 fully saturated rings. The van der Waals surface area contributed by atoms with E-state index < -0.39 is 11.6 Å². The first-order chi connectivity index (χ1) is 8.47. The molecule has 0 saturated heterocycles. The molecule has 1 aromatic carbocycles. The molecule has 0 spiro atoms. The minimum atomic E-state index is -0.570. The van der Waals surface area contributed by atoms with Gasteiger partial charge in [-0.05, 0) is 18.1 Å². The van der Waals surface area contributed by atoms with Crippen molar-refractivity contribution in [3.63, 3.8) is 0 Å². The van der Waals surface area contributed by atoms with Gasteiger partial charge in [-0.3, -0.25) is 0 Å². The zero-order valence-electron chi connectivity index (χ0n) is 10.4. The number of aryl methyl sites for hydroxylation is 1. The monoisotopic (exact) mass is 268 g/mol. The van der Waals surface area contributed by atoms with Crippen molar-refractivity contribution in [2.75, 3.05) is 0 Å². The van der Waals surface area contributed by atoms with Crippen LogP contribution in [0.4, 0.5) is 8.78 Å². The summed E-state index contributed by atoms with van der Waals surface area (Å²) in [5.74, 6) is -0.836. The Morgan fingerprint density at radius 1 is 1.17 bits per heavy atom. The van der Waals surface area contributed by atoms with Crippen LogP contribution in [0, 0.1) is 11.6 Å². The molecule has 0 radical (unpaired) electrons. The van der Waals surface area contributed by atoms with Crippen LogP contribution in [0.1, 0.15) is 25.5 Å². The highest BCUT2D eigenvalue weighted by atomic mass is 32.2. The molecule has 18 heavy (non-hydrogen) atoms. The van der Waals surface area contributed by atoms with Gasteiger partial charge in [-0.1, -0.05) is 25.6 Å². The van der Waals surface area contributed by atoms with E-state index in [1.165, 1.54) is 23.9 Å². The molecule has 0 N–H and O–H groups in total. The van der Waals surface area contributed by atoms with Crippen molar-refractivity contribution in [3.05, 3.63) is 41.9 Å². The zero-order chi connectivity index (χ0) is 13.3. The molecular formula is C13H14F2N2S. The van der Waals surface area contributed by atoms with Gasteiger partial charge in [-0.25, -0.2) is 13.8 Å². The number of rotatable bonds is 3. The number of imidazole rings is 1. The molecule has 1 heterocycles. The van der Waals surface area contributed by atoms with Gasteiger partial charge in [0.2, 0.25) is 0 Å². The SMILES string of the molecule is CC(C)c1c(Sc2cc(F)cc(F)c2)ncn1C. The van der Waals surface area contributed by atoms with Gasteiger partial charge in [0.25, 0.3) is 0 Å². The van der Waals surface area contributed by atoms with Crippen LogP contribution < -0.4 is 0 Å². The fourth-order valence-corrected chi connectivity index (χ4v) is 3.00. The van der Waals surface area contributed by atoms with Crippen molar-refractivity contribution >= 4 is 11.8 Å². The van der Waals surface area contributed by atoms with E-state index in [1.54, 1.807) is 6.33 Å². The Labute approximate surface area is 109 Å². The van der Waals surface area contributed by atoms with Crippen LogP contribution in [0.15, 0.2) is 34.4 Å². The van der Waals surface area contributed by atoms with E-state index in [0.29, 0.717) is 10.8 Å². The van der Waals surface area contributed by atoms with Crippen LogP contribution in [0.5, 0.6) is 0 Å². The maximum Gasteiger partial charge on any atom is 0.127 e. The number of nitrogens with zero attached hydrogens (tertiary/aromatic N) is 2. The summed E-state index contributed by atoms with van der Waals surface area (Å²) in [5, 5.41) is 0.789. The molecule has 2 nitrogen and oxygen atoms in total. The normalized spacial score (nSPS) is 11.2. The summed E-state index contributed by atoms with van der Waals surface area (Å²) in [6.45, 7) is 4.13. The fraction of sp³-hybridized carbons (Fsp3) is 0.308. The number of benzene rings is 1. The Morgan fingerprint density at radius 3 is 2.33 bits per heavy atom. The number of hydrogen-bond acceptors (Lipinski definition) is 2. The predicted octanol–water partition coefficient (Wildman–Crippen LogP) is 3.97. The lowest BCUT2D eigenvalue weighted by atomic mass is 10.1. The van der Waals surface area contributed by atoms with Crippen LogP contribution in [-0.4, -0.2) is 9.55 Å². The number of halogens is 2. The Kier molecular flexibility index (Phi) is 3.71. The Bertz CT molecular complexity index is 544. The third-order valence-corrected chi connectivity index (χ3v) is 3.52. The standard InChI is InChI=1S/C13H14F2N2S/c1-8(2)12-13(16-7-17(12)3)18-11-5-9(14)4-10(15)6-11/h4-8H,1-3H3. The van der Waals surface area contributed by atoms with Crippen molar-refractivity contribution in [1.29, 1.82) is 0 Å². The van der Waals surface area contributed by atoms with E-state index in [-0.39, 0.29) is 0 Å². The second kappa shape index (κ2) is 5.10. The maximum atomic E-state index is 13.1. The van der Waals surface area contributed by atoms with E-state index in [4.69, 9.17) is 0 Å². The van der Waals surface area contributed by atoms with Gasteiger partial charge in [-0.2, -0.15) is 0 Å². The third-order valence-electron chi connectivity index (χ3n) is 2.54.